The van der Waals surface area contributed by atoms with E-state index in [4.69, 9.17) is 0 Å². The zero-order valence-corrected chi connectivity index (χ0v) is 10.3. The molecule has 0 saturated carbocycles. The van der Waals surface area contributed by atoms with Crippen LogP contribution < -0.4 is 5.32 Å². The Morgan fingerprint density at radius 3 is 2.94 bits per heavy atom. The number of imidazole rings is 1. The molecule has 2 heterocycles. The van der Waals surface area contributed by atoms with Crippen molar-refractivity contribution in [3.05, 3.63) is 40.6 Å². The standard InChI is InChI=1S/C12H17N3S/c1-2-11-3-4-12(16-11)9-13-5-7-15-8-6-14-10-15/h3-4,6,8,10,13H,2,5,7,9H2,1H3. The molecule has 4 heteroatoms. The molecule has 1 N–H and O–H groups in total. The predicted octanol–water partition coefficient (Wildman–Crippen LogP) is 2.30. The van der Waals surface area contributed by atoms with Crippen LogP contribution in [0.25, 0.3) is 0 Å². The third-order valence-electron chi connectivity index (χ3n) is 2.47. The normalized spacial score (nSPS) is 10.8. The molecular formula is C12H17N3S. The van der Waals surface area contributed by atoms with Crippen LogP contribution in [0.2, 0.25) is 0 Å². The first-order chi connectivity index (χ1) is 7.88. The minimum atomic E-state index is 0.972. The Morgan fingerprint density at radius 1 is 1.38 bits per heavy atom. The monoisotopic (exact) mass is 235 g/mol. The molecule has 2 rings (SSSR count). The van der Waals surface area contributed by atoms with Gasteiger partial charge in [-0.2, -0.15) is 0 Å². The van der Waals surface area contributed by atoms with Crippen molar-refractivity contribution < 1.29 is 0 Å². The highest BCUT2D eigenvalue weighted by molar-refractivity contribution is 7.11. The lowest BCUT2D eigenvalue weighted by molar-refractivity contribution is 0.600. The highest BCUT2D eigenvalue weighted by Crippen LogP contribution is 2.16. The van der Waals surface area contributed by atoms with Crippen molar-refractivity contribution in [3.8, 4) is 0 Å². The molecule has 0 aromatic carbocycles. The highest BCUT2D eigenvalue weighted by Gasteiger charge is 1.97. The molecule has 0 atom stereocenters. The fourth-order valence-corrected chi connectivity index (χ4v) is 2.47. The summed E-state index contributed by atoms with van der Waals surface area (Å²) in [5.74, 6) is 0. The maximum absolute atomic E-state index is 4.01. The average Bonchev–Trinajstić information content (AvgIpc) is 2.95. The lowest BCUT2D eigenvalue weighted by atomic mass is 10.3. The Kier molecular flexibility index (Phi) is 4.13. The molecule has 0 radical (unpaired) electrons. The SMILES string of the molecule is CCc1ccc(CNCCn2ccnc2)s1. The van der Waals surface area contributed by atoms with Crippen LogP contribution in [0.3, 0.4) is 0 Å². The summed E-state index contributed by atoms with van der Waals surface area (Å²) >= 11 is 1.90. The molecule has 0 fully saturated rings. The van der Waals surface area contributed by atoms with Gasteiger partial charge in [0.05, 0.1) is 6.33 Å². The first-order valence-electron chi connectivity index (χ1n) is 5.62. The van der Waals surface area contributed by atoms with E-state index in [0.29, 0.717) is 0 Å². The van der Waals surface area contributed by atoms with E-state index in [9.17, 15) is 0 Å². The van der Waals surface area contributed by atoms with E-state index in [2.05, 4.69) is 33.9 Å². The van der Waals surface area contributed by atoms with Crippen LogP contribution >= 0.6 is 11.3 Å². The number of nitrogens with zero attached hydrogens (tertiary/aromatic N) is 2. The first kappa shape index (κ1) is 11.4. The van der Waals surface area contributed by atoms with Crippen LogP contribution in [0.5, 0.6) is 0 Å². The molecule has 0 aliphatic rings. The number of aryl methyl sites for hydroxylation is 1. The maximum atomic E-state index is 4.01. The van der Waals surface area contributed by atoms with Crippen LogP contribution in [0, 0.1) is 0 Å². The van der Waals surface area contributed by atoms with Crippen molar-refractivity contribution in [2.75, 3.05) is 6.54 Å². The fraction of sp³-hybridized carbons (Fsp3) is 0.417. The number of hydrogen-bond donors (Lipinski definition) is 1. The minimum absolute atomic E-state index is 0.972. The third kappa shape index (κ3) is 3.18. The molecule has 2 aromatic rings. The van der Waals surface area contributed by atoms with Gasteiger partial charge in [0.1, 0.15) is 0 Å². The van der Waals surface area contributed by atoms with E-state index >= 15 is 0 Å². The van der Waals surface area contributed by atoms with Gasteiger partial charge in [0.15, 0.2) is 0 Å². The second kappa shape index (κ2) is 5.82. The lowest BCUT2D eigenvalue weighted by Crippen LogP contribution is -2.18. The van der Waals surface area contributed by atoms with E-state index in [-0.39, 0.29) is 0 Å². The summed E-state index contributed by atoms with van der Waals surface area (Å²) in [5, 5.41) is 3.44. The summed E-state index contributed by atoms with van der Waals surface area (Å²) in [6, 6.07) is 4.44. The lowest BCUT2D eigenvalue weighted by Gasteiger charge is -2.03. The van der Waals surface area contributed by atoms with Crippen molar-refractivity contribution in [3.63, 3.8) is 0 Å². The summed E-state index contributed by atoms with van der Waals surface area (Å²) in [6.07, 6.45) is 6.79. The van der Waals surface area contributed by atoms with Crippen molar-refractivity contribution in [2.45, 2.75) is 26.4 Å². The Labute approximate surface area is 100 Å². The first-order valence-corrected chi connectivity index (χ1v) is 6.44. The van der Waals surface area contributed by atoms with Gasteiger partial charge in [-0.15, -0.1) is 11.3 Å². The number of rotatable bonds is 6. The molecule has 0 aliphatic carbocycles. The molecule has 0 amide bonds. The molecule has 2 aromatic heterocycles. The molecule has 0 saturated heterocycles. The largest absolute Gasteiger partial charge is 0.336 e. The Balaban J connectivity index is 1.68. The molecule has 0 unspecified atom stereocenters. The Morgan fingerprint density at radius 2 is 2.25 bits per heavy atom. The van der Waals surface area contributed by atoms with Crippen molar-refractivity contribution >= 4 is 11.3 Å². The van der Waals surface area contributed by atoms with Crippen molar-refractivity contribution in [2.24, 2.45) is 0 Å². The van der Waals surface area contributed by atoms with Crippen LogP contribution in [-0.2, 0) is 19.5 Å². The summed E-state index contributed by atoms with van der Waals surface area (Å²) in [6.45, 7) is 5.13. The van der Waals surface area contributed by atoms with Gasteiger partial charge in [0, 0.05) is 41.8 Å². The smallest absolute Gasteiger partial charge is 0.0946 e. The third-order valence-corrected chi connectivity index (χ3v) is 3.70. The molecular weight excluding hydrogens is 218 g/mol. The van der Waals surface area contributed by atoms with Crippen LogP contribution in [-0.4, -0.2) is 16.1 Å². The molecule has 86 valence electrons. The number of hydrogen-bond acceptors (Lipinski definition) is 3. The van der Waals surface area contributed by atoms with Gasteiger partial charge >= 0.3 is 0 Å². The maximum Gasteiger partial charge on any atom is 0.0946 e. The fourth-order valence-electron chi connectivity index (χ4n) is 1.55. The van der Waals surface area contributed by atoms with Gasteiger partial charge in [-0.05, 0) is 18.6 Å². The summed E-state index contributed by atoms with van der Waals surface area (Å²) in [7, 11) is 0. The Hall–Kier alpha value is -1.13. The Bertz CT molecular complexity index is 406. The second-order valence-electron chi connectivity index (χ2n) is 3.70. The van der Waals surface area contributed by atoms with Gasteiger partial charge in [-0.25, -0.2) is 4.98 Å². The van der Waals surface area contributed by atoms with E-state index < -0.39 is 0 Å². The van der Waals surface area contributed by atoms with E-state index in [1.165, 1.54) is 9.75 Å². The molecule has 0 bridgehead atoms. The van der Waals surface area contributed by atoms with Gasteiger partial charge < -0.3 is 9.88 Å². The zero-order chi connectivity index (χ0) is 11.2. The highest BCUT2D eigenvalue weighted by atomic mass is 32.1. The van der Waals surface area contributed by atoms with Crippen LogP contribution in [0.4, 0.5) is 0 Å². The van der Waals surface area contributed by atoms with E-state index in [0.717, 1.165) is 26.1 Å². The quantitative estimate of drug-likeness (QED) is 0.779. The topological polar surface area (TPSA) is 29.9 Å². The molecule has 16 heavy (non-hydrogen) atoms. The van der Waals surface area contributed by atoms with Crippen LogP contribution in [0.1, 0.15) is 16.7 Å². The summed E-state index contributed by atoms with van der Waals surface area (Å²) in [5.41, 5.74) is 0. The van der Waals surface area contributed by atoms with Gasteiger partial charge in [0.2, 0.25) is 0 Å². The summed E-state index contributed by atoms with van der Waals surface area (Å²) in [4.78, 5) is 6.89. The minimum Gasteiger partial charge on any atom is -0.336 e. The van der Waals surface area contributed by atoms with Crippen molar-refractivity contribution in [1.82, 2.24) is 14.9 Å². The van der Waals surface area contributed by atoms with E-state index in [1.807, 2.05) is 30.1 Å². The second-order valence-corrected chi connectivity index (χ2v) is 4.95. The predicted molar refractivity (Wildman–Crippen MR) is 67.6 cm³/mol. The number of nitrogens with one attached hydrogen (secondary N) is 1. The van der Waals surface area contributed by atoms with Crippen molar-refractivity contribution in [1.29, 1.82) is 0 Å². The molecule has 3 nitrogen and oxygen atoms in total. The molecule has 0 aliphatic heterocycles. The van der Waals surface area contributed by atoms with Gasteiger partial charge in [-0.3, -0.25) is 0 Å². The van der Waals surface area contributed by atoms with Gasteiger partial charge in [-0.1, -0.05) is 6.92 Å². The summed E-state index contributed by atoms with van der Waals surface area (Å²) < 4.78 is 2.08. The number of aromatic nitrogens is 2. The van der Waals surface area contributed by atoms with Crippen LogP contribution in [0.15, 0.2) is 30.9 Å². The molecule has 0 spiro atoms. The van der Waals surface area contributed by atoms with Gasteiger partial charge in [0.25, 0.3) is 0 Å². The zero-order valence-electron chi connectivity index (χ0n) is 9.52. The van der Waals surface area contributed by atoms with E-state index in [1.54, 1.807) is 0 Å². The average molecular weight is 235 g/mol. The number of thiophene rings is 1.